The first kappa shape index (κ1) is 16.6. The van der Waals surface area contributed by atoms with Crippen molar-refractivity contribution in [3.8, 4) is 17.4 Å². The number of allylic oxidation sites excluding steroid dienone is 2. The molecule has 1 heterocycles. The van der Waals surface area contributed by atoms with Crippen LogP contribution in [-0.2, 0) is 6.18 Å². The van der Waals surface area contributed by atoms with E-state index in [0.717, 1.165) is 29.9 Å². The Kier molecular flexibility index (Phi) is 3.68. The molecule has 1 aromatic carbocycles. The number of hydrogen-bond acceptors (Lipinski definition) is 2. The Bertz CT molecular complexity index is 848. The van der Waals surface area contributed by atoms with Gasteiger partial charge in [0.15, 0.2) is 0 Å². The van der Waals surface area contributed by atoms with Gasteiger partial charge in [-0.15, -0.1) is 0 Å². The van der Waals surface area contributed by atoms with Crippen LogP contribution in [-0.4, -0.2) is 14.8 Å². The predicted molar refractivity (Wildman–Crippen MR) is 90.3 cm³/mol. The third kappa shape index (κ3) is 2.47. The normalized spacial score (nSPS) is 22.1. The van der Waals surface area contributed by atoms with Crippen molar-refractivity contribution in [2.24, 2.45) is 0 Å². The van der Waals surface area contributed by atoms with Crippen molar-refractivity contribution < 1.29 is 23.4 Å². The molecule has 5 rings (SSSR count). The molecular weight excluding hydrogens is 399 g/mol. The quantitative estimate of drug-likeness (QED) is 0.598. The topological polar surface area (TPSA) is 45.4 Å². The van der Waals surface area contributed by atoms with Gasteiger partial charge in [-0.2, -0.15) is 13.2 Å². The fraction of sp³-hybridized carbons (Fsp3) is 0.333. The summed E-state index contributed by atoms with van der Waals surface area (Å²) in [4.78, 5) is 0. The van der Waals surface area contributed by atoms with Gasteiger partial charge in [0, 0.05) is 27.4 Å². The average molecular weight is 414 g/mol. The lowest BCUT2D eigenvalue weighted by Gasteiger charge is -2.17. The summed E-state index contributed by atoms with van der Waals surface area (Å²) in [7, 11) is 0. The zero-order valence-electron chi connectivity index (χ0n) is 13.0. The summed E-state index contributed by atoms with van der Waals surface area (Å²) in [6.07, 6.45) is 2.19. The zero-order valence-corrected chi connectivity index (χ0v) is 14.6. The third-order valence-electron chi connectivity index (χ3n) is 5.06. The minimum Gasteiger partial charge on any atom is -0.494 e. The van der Waals surface area contributed by atoms with Gasteiger partial charge in [0.05, 0.1) is 11.3 Å². The summed E-state index contributed by atoms with van der Waals surface area (Å²) in [6.45, 7) is 0. The maximum absolute atomic E-state index is 13.2. The van der Waals surface area contributed by atoms with Crippen molar-refractivity contribution in [3.63, 3.8) is 0 Å². The van der Waals surface area contributed by atoms with Crippen LogP contribution in [0, 0.1) is 0 Å². The number of benzene rings is 1. The molecule has 0 unspecified atom stereocenters. The molecule has 25 heavy (non-hydrogen) atoms. The zero-order chi connectivity index (χ0) is 17.9. The molecule has 3 nitrogen and oxygen atoms in total. The van der Waals surface area contributed by atoms with Gasteiger partial charge in [-0.3, -0.25) is 4.57 Å². The molecule has 0 radical (unpaired) electrons. The molecule has 0 amide bonds. The second kappa shape index (κ2) is 5.56. The molecule has 2 N–H and O–H groups in total. The lowest BCUT2D eigenvalue weighted by Crippen LogP contribution is -2.07. The van der Waals surface area contributed by atoms with Crippen molar-refractivity contribution in [1.82, 2.24) is 4.57 Å². The molecule has 2 aromatic rings. The van der Waals surface area contributed by atoms with Gasteiger partial charge in [0.1, 0.15) is 0 Å². The monoisotopic (exact) mass is 413 g/mol. The molecule has 0 saturated carbocycles. The number of nitrogens with zero attached hydrogens (tertiary/aromatic N) is 1. The molecule has 0 aliphatic heterocycles. The maximum atomic E-state index is 13.2. The van der Waals surface area contributed by atoms with Crippen molar-refractivity contribution >= 4 is 15.9 Å². The second-order valence-corrected chi connectivity index (χ2v) is 7.36. The van der Waals surface area contributed by atoms with Gasteiger partial charge < -0.3 is 10.2 Å². The fourth-order valence-electron chi connectivity index (χ4n) is 3.93. The molecule has 2 atom stereocenters. The lowest BCUT2D eigenvalue weighted by atomic mass is 9.86. The van der Waals surface area contributed by atoms with Crippen LogP contribution < -0.4 is 0 Å². The number of halogens is 4. The van der Waals surface area contributed by atoms with Crippen LogP contribution in [0.3, 0.4) is 0 Å². The van der Waals surface area contributed by atoms with Crippen molar-refractivity contribution in [2.75, 3.05) is 0 Å². The Labute approximate surface area is 150 Å². The minimum atomic E-state index is -4.54. The largest absolute Gasteiger partial charge is 0.494 e. The molecular formula is C18H15BrF3NO2. The third-order valence-corrected chi connectivity index (χ3v) is 5.75. The molecule has 1 aromatic heterocycles. The summed E-state index contributed by atoms with van der Waals surface area (Å²) < 4.78 is 40.6. The Hall–Kier alpha value is -1.89. The van der Waals surface area contributed by atoms with Gasteiger partial charge in [-0.1, -0.05) is 34.5 Å². The Morgan fingerprint density at radius 1 is 1.00 bits per heavy atom. The number of aromatic hydroxyl groups is 2. The summed E-state index contributed by atoms with van der Waals surface area (Å²) >= 11 is 2.91. The molecule has 132 valence electrons. The van der Waals surface area contributed by atoms with Gasteiger partial charge in [0.2, 0.25) is 11.8 Å². The van der Waals surface area contributed by atoms with Crippen LogP contribution in [0.25, 0.3) is 5.69 Å². The molecule has 3 aliphatic carbocycles. The van der Waals surface area contributed by atoms with Gasteiger partial charge >= 0.3 is 6.18 Å². The summed E-state index contributed by atoms with van der Waals surface area (Å²) in [5, 5.41) is 21.4. The van der Waals surface area contributed by atoms with Crippen LogP contribution >= 0.6 is 15.9 Å². The first-order valence-electron chi connectivity index (χ1n) is 8.01. The van der Waals surface area contributed by atoms with E-state index in [-0.39, 0.29) is 33.8 Å². The number of alkyl halides is 3. The first-order valence-corrected chi connectivity index (χ1v) is 8.80. The lowest BCUT2D eigenvalue weighted by molar-refractivity contribution is -0.138. The average Bonchev–Trinajstić information content (AvgIpc) is 2.76. The Morgan fingerprint density at radius 2 is 1.56 bits per heavy atom. The van der Waals surface area contributed by atoms with Gasteiger partial charge in [0.25, 0.3) is 0 Å². The minimum absolute atomic E-state index is 0.0153. The van der Waals surface area contributed by atoms with E-state index in [1.165, 1.54) is 12.1 Å². The highest BCUT2D eigenvalue weighted by Gasteiger charge is 2.37. The number of rotatable bonds is 1. The van der Waals surface area contributed by atoms with Crippen LogP contribution in [0.1, 0.15) is 47.8 Å². The van der Waals surface area contributed by atoms with Crippen LogP contribution in [0.15, 0.2) is 34.8 Å². The molecule has 0 saturated heterocycles. The molecule has 3 aliphatic rings. The van der Waals surface area contributed by atoms with Crippen LogP contribution in [0.4, 0.5) is 13.2 Å². The van der Waals surface area contributed by atoms with E-state index >= 15 is 0 Å². The van der Waals surface area contributed by atoms with E-state index in [2.05, 4.69) is 15.9 Å². The summed E-state index contributed by atoms with van der Waals surface area (Å²) in [6, 6.07) is 3.64. The van der Waals surface area contributed by atoms with Crippen molar-refractivity contribution in [1.29, 1.82) is 0 Å². The molecule has 0 fully saturated rings. The Balaban J connectivity index is 1.92. The first-order chi connectivity index (χ1) is 11.8. The van der Waals surface area contributed by atoms with E-state index < -0.39 is 11.7 Å². The van der Waals surface area contributed by atoms with E-state index in [1.54, 1.807) is 0 Å². The van der Waals surface area contributed by atoms with Crippen LogP contribution in [0.2, 0.25) is 0 Å². The van der Waals surface area contributed by atoms with E-state index in [1.807, 2.05) is 12.2 Å². The smallest absolute Gasteiger partial charge is 0.417 e. The number of fused-ring (bicyclic) bond motifs is 2. The number of hydrogen-bond donors (Lipinski definition) is 2. The fourth-order valence-corrected chi connectivity index (χ4v) is 4.40. The highest BCUT2D eigenvalue weighted by molar-refractivity contribution is 9.10. The van der Waals surface area contributed by atoms with E-state index in [9.17, 15) is 23.4 Å². The standard InChI is InChI=1S/C18H15BrF3NO2/c19-13-7-6-11(8-12(13)18(20,21)22)23-16(24)14-9-2-1-3-10(5-4-9)15(14)17(23)25/h4-10,24-25H,1-3H2/t9-,10+. The van der Waals surface area contributed by atoms with E-state index in [4.69, 9.17) is 0 Å². The predicted octanol–water partition coefficient (Wildman–Crippen LogP) is 5.59. The second-order valence-electron chi connectivity index (χ2n) is 6.50. The summed E-state index contributed by atoms with van der Waals surface area (Å²) in [5.74, 6) is -0.384. The van der Waals surface area contributed by atoms with Gasteiger partial charge in [-0.05, 0) is 31.0 Å². The Morgan fingerprint density at radius 3 is 2.08 bits per heavy atom. The number of aromatic nitrogens is 1. The van der Waals surface area contributed by atoms with E-state index in [0.29, 0.717) is 11.1 Å². The summed E-state index contributed by atoms with van der Waals surface area (Å²) in [5.41, 5.74) is 0.504. The highest BCUT2D eigenvalue weighted by atomic mass is 79.9. The molecule has 0 spiro atoms. The van der Waals surface area contributed by atoms with Crippen LogP contribution in [0.5, 0.6) is 11.8 Å². The highest BCUT2D eigenvalue weighted by Crippen LogP contribution is 2.53. The van der Waals surface area contributed by atoms with Crippen molar-refractivity contribution in [2.45, 2.75) is 37.3 Å². The van der Waals surface area contributed by atoms with Gasteiger partial charge in [-0.25, -0.2) is 0 Å². The SMILES string of the molecule is Oc1c2c(c(O)n1-c1ccc(Br)c(C(F)(F)F)c1)[C@H]1C=C[C@@H]2CCC1. The maximum Gasteiger partial charge on any atom is 0.417 e. The van der Waals surface area contributed by atoms with Crippen molar-refractivity contribution in [3.05, 3.63) is 51.5 Å². The molecule has 7 heteroatoms. The molecule has 2 bridgehead atoms.